The molecule has 3 aromatic rings. The summed E-state index contributed by atoms with van der Waals surface area (Å²) in [5.74, 6) is 1.92. The van der Waals surface area contributed by atoms with Crippen LogP contribution in [-0.4, -0.2) is 81.0 Å². The molecule has 1 aliphatic heterocycles. The van der Waals surface area contributed by atoms with Crippen LogP contribution in [0, 0.1) is 5.92 Å². The van der Waals surface area contributed by atoms with Crippen molar-refractivity contribution < 1.29 is 33.1 Å². The first-order valence-corrected chi connectivity index (χ1v) is 14.1. The van der Waals surface area contributed by atoms with E-state index in [1.807, 2.05) is 30.3 Å². The zero-order valence-corrected chi connectivity index (χ0v) is 24.1. The monoisotopic (exact) mass is 570 g/mol. The Morgan fingerprint density at radius 3 is 2.35 bits per heavy atom. The number of carbonyl (C=O) groups excluding carboxylic acids is 2. The normalized spacial score (nSPS) is 14.4. The maximum atomic E-state index is 12.6. The molecule has 4 rings (SSSR count). The van der Waals surface area contributed by atoms with Crippen LogP contribution >= 0.6 is 11.8 Å². The second kappa shape index (κ2) is 14.0. The highest BCUT2D eigenvalue weighted by Gasteiger charge is 2.27. The quantitative estimate of drug-likeness (QED) is 0.326. The van der Waals surface area contributed by atoms with Gasteiger partial charge >= 0.3 is 5.88 Å². The van der Waals surface area contributed by atoms with Gasteiger partial charge in [-0.1, -0.05) is 49.0 Å². The van der Waals surface area contributed by atoms with Crippen molar-refractivity contribution in [3.05, 3.63) is 59.8 Å². The fraction of sp³-hybridized carbons (Fsp3) is 0.429. The fourth-order valence-electron chi connectivity index (χ4n) is 4.34. The zero-order valence-electron chi connectivity index (χ0n) is 23.3. The Morgan fingerprint density at radius 1 is 1.05 bits per heavy atom. The van der Waals surface area contributed by atoms with Gasteiger partial charge in [0.05, 0.1) is 39.2 Å². The van der Waals surface area contributed by atoms with Gasteiger partial charge in [-0.25, -0.2) is 0 Å². The van der Waals surface area contributed by atoms with Crippen molar-refractivity contribution in [2.45, 2.75) is 13.3 Å². The molecule has 1 aliphatic rings. The molecule has 214 valence electrons. The first-order valence-electron chi connectivity index (χ1n) is 13.1. The third-order valence-corrected chi connectivity index (χ3v) is 7.87. The Kier molecular flexibility index (Phi) is 10.3. The van der Waals surface area contributed by atoms with Gasteiger partial charge < -0.3 is 14.2 Å². The Morgan fingerprint density at radius 2 is 1.73 bits per heavy atom. The first kappa shape index (κ1) is 29.2. The maximum absolute atomic E-state index is 12.6. The van der Waals surface area contributed by atoms with Crippen molar-refractivity contribution in [3.63, 3.8) is 0 Å². The molecule has 1 aromatic heterocycles. The van der Waals surface area contributed by atoms with Gasteiger partial charge in [0.25, 0.3) is 6.20 Å². The molecule has 1 atom stereocenters. The SMILES string of the molecule is COc1cc(CCN2CCN([n+]3cc(NC(=O)[C@H](C)CSC(=O)c4ccccc4)on3)CC2)cc(OC)c1OC. The van der Waals surface area contributed by atoms with Crippen LogP contribution in [0.25, 0.3) is 0 Å². The molecule has 0 bridgehead atoms. The summed E-state index contributed by atoms with van der Waals surface area (Å²) in [7, 11) is 4.84. The fourth-order valence-corrected chi connectivity index (χ4v) is 5.19. The van der Waals surface area contributed by atoms with Crippen molar-refractivity contribution in [1.82, 2.24) is 10.2 Å². The summed E-state index contributed by atoms with van der Waals surface area (Å²) in [6.07, 6.45) is 2.51. The summed E-state index contributed by atoms with van der Waals surface area (Å²) in [5.41, 5.74) is 1.73. The number of aromatic nitrogens is 2. The molecule has 0 radical (unpaired) electrons. The largest absolute Gasteiger partial charge is 0.493 e. The van der Waals surface area contributed by atoms with Crippen molar-refractivity contribution in [3.8, 4) is 17.2 Å². The summed E-state index contributed by atoms with van der Waals surface area (Å²) in [4.78, 5) is 28.9. The minimum absolute atomic E-state index is 0.0552. The lowest BCUT2D eigenvalue weighted by Crippen LogP contribution is -2.65. The smallest absolute Gasteiger partial charge is 0.305 e. The van der Waals surface area contributed by atoms with Crippen LogP contribution in [0.4, 0.5) is 5.88 Å². The average molecular weight is 571 g/mol. The third-order valence-electron chi connectivity index (χ3n) is 6.70. The number of benzene rings is 2. The van der Waals surface area contributed by atoms with Crippen LogP contribution in [0.15, 0.2) is 53.2 Å². The van der Waals surface area contributed by atoms with E-state index in [0.717, 1.165) is 56.5 Å². The van der Waals surface area contributed by atoms with Crippen molar-refractivity contribution in [1.29, 1.82) is 0 Å². The number of amides is 1. The Labute approximate surface area is 238 Å². The van der Waals surface area contributed by atoms with Gasteiger partial charge in [0, 0.05) is 36.9 Å². The number of piperazine rings is 1. The van der Waals surface area contributed by atoms with Gasteiger partial charge in [-0.2, -0.15) is 5.01 Å². The highest BCUT2D eigenvalue weighted by atomic mass is 32.2. The number of nitrogens with zero attached hydrogens (tertiary/aromatic N) is 4. The molecule has 2 aromatic carbocycles. The van der Waals surface area contributed by atoms with Gasteiger partial charge in [-0.15, -0.1) is 0 Å². The van der Waals surface area contributed by atoms with E-state index in [0.29, 0.717) is 28.6 Å². The number of nitrogens with one attached hydrogen (secondary N) is 1. The Bertz CT molecular complexity index is 1250. The van der Waals surface area contributed by atoms with Crippen molar-refractivity contribution in [2.24, 2.45) is 5.92 Å². The van der Waals surface area contributed by atoms with Gasteiger partial charge in [-0.3, -0.25) is 24.3 Å². The lowest BCUT2D eigenvalue weighted by atomic mass is 10.1. The summed E-state index contributed by atoms with van der Waals surface area (Å²) >= 11 is 1.13. The van der Waals surface area contributed by atoms with Gasteiger partial charge in [0.15, 0.2) is 11.5 Å². The second-order valence-corrected chi connectivity index (χ2v) is 10.4. The lowest BCUT2D eigenvalue weighted by molar-refractivity contribution is -0.759. The van der Waals surface area contributed by atoms with Crippen molar-refractivity contribution in [2.75, 3.05) is 70.1 Å². The molecule has 1 amide bonds. The van der Waals surface area contributed by atoms with E-state index in [9.17, 15) is 9.59 Å². The number of rotatable bonds is 12. The topological polar surface area (TPSA) is 110 Å². The van der Waals surface area contributed by atoms with E-state index in [4.69, 9.17) is 18.7 Å². The van der Waals surface area contributed by atoms with Crippen LogP contribution in [-0.2, 0) is 11.2 Å². The molecule has 0 spiro atoms. The average Bonchev–Trinajstić information content (AvgIpc) is 3.46. The first-order chi connectivity index (χ1) is 19.4. The number of ether oxygens (including phenoxy) is 3. The van der Waals surface area contributed by atoms with Crippen LogP contribution in [0.5, 0.6) is 17.2 Å². The number of hydrogen-bond donors (Lipinski definition) is 1. The van der Waals surface area contributed by atoms with E-state index in [2.05, 4.69) is 20.5 Å². The highest BCUT2D eigenvalue weighted by molar-refractivity contribution is 8.14. The zero-order chi connectivity index (χ0) is 28.5. The molecule has 0 unspecified atom stereocenters. The van der Waals surface area contributed by atoms with E-state index in [-0.39, 0.29) is 22.8 Å². The van der Waals surface area contributed by atoms with Gasteiger partial charge in [-0.05, 0) is 24.1 Å². The molecule has 12 heteroatoms. The van der Waals surface area contributed by atoms with Gasteiger partial charge in [0.1, 0.15) is 0 Å². The summed E-state index contributed by atoms with van der Waals surface area (Å²) in [5, 5.41) is 8.84. The minimum atomic E-state index is -0.384. The molecule has 0 aliphatic carbocycles. The van der Waals surface area contributed by atoms with Crippen LogP contribution in [0.2, 0.25) is 0 Å². The molecule has 11 nitrogen and oxygen atoms in total. The lowest BCUT2D eigenvalue weighted by Gasteiger charge is -2.30. The van der Waals surface area contributed by atoms with Crippen LogP contribution < -0.4 is 29.3 Å². The van der Waals surface area contributed by atoms with Crippen LogP contribution in [0.1, 0.15) is 22.8 Å². The molecule has 1 saturated heterocycles. The minimum Gasteiger partial charge on any atom is -0.493 e. The molecule has 2 heterocycles. The Balaban J connectivity index is 1.22. The van der Waals surface area contributed by atoms with Gasteiger partial charge in [0.2, 0.25) is 22.0 Å². The third kappa shape index (κ3) is 7.45. The predicted molar refractivity (Wildman–Crippen MR) is 152 cm³/mol. The molecule has 40 heavy (non-hydrogen) atoms. The number of methoxy groups -OCH3 is 3. The number of carbonyl (C=O) groups is 2. The molecule has 0 saturated carbocycles. The Hall–Kier alpha value is -3.77. The number of anilines is 1. The predicted octanol–water partition coefficient (Wildman–Crippen LogP) is 2.63. The number of hydrogen-bond acceptors (Lipinski definition) is 10. The second-order valence-electron chi connectivity index (χ2n) is 9.42. The highest BCUT2D eigenvalue weighted by Crippen LogP contribution is 2.38. The molecule has 1 N–H and O–H groups in total. The van der Waals surface area contributed by atoms with E-state index >= 15 is 0 Å². The van der Waals surface area contributed by atoms with Crippen molar-refractivity contribution >= 4 is 28.7 Å². The van der Waals surface area contributed by atoms with E-state index in [1.165, 1.54) is 0 Å². The van der Waals surface area contributed by atoms with Crippen LogP contribution in [0.3, 0.4) is 0 Å². The number of thioether (sulfide) groups is 1. The summed E-state index contributed by atoms with van der Waals surface area (Å²) in [6.45, 7) is 5.90. The van der Waals surface area contributed by atoms with E-state index < -0.39 is 0 Å². The molecular weight excluding hydrogens is 534 g/mol. The maximum Gasteiger partial charge on any atom is 0.305 e. The summed E-state index contributed by atoms with van der Waals surface area (Å²) < 4.78 is 21.7. The standard InChI is InChI=1S/C28H35N5O6S/c1-20(19-40-28(35)22-8-6-5-7-9-22)27(34)29-25-18-33(30-39-25)32-14-12-31(13-15-32)11-10-21-16-23(36-2)26(38-4)24(17-21)37-3/h5-9,16-18,20H,10-15,19H2,1-4H3/p+1/t20-/m1/s1. The van der Waals surface area contributed by atoms with E-state index in [1.54, 1.807) is 51.4 Å². The summed E-state index contributed by atoms with van der Waals surface area (Å²) in [6, 6.07) is 13.0. The molecule has 1 fully saturated rings. The molecular formula is C28H36N5O6S+.